The second-order valence-corrected chi connectivity index (χ2v) is 15.0. The predicted octanol–water partition coefficient (Wildman–Crippen LogP) is 8.83. The number of pyridine rings is 1. The molecule has 53 heavy (non-hydrogen) atoms. The summed E-state index contributed by atoms with van der Waals surface area (Å²) in [6, 6.07) is 22.0. The van der Waals surface area contributed by atoms with E-state index < -0.39 is 0 Å². The quantitative estimate of drug-likeness (QED) is 0.128. The third-order valence-corrected chi connectivity index (χ3v) is 11.0. The van der Waals surface area contributed by atoms with Gasteiger partial charge in [0.15, 0.2) is 0 Å². The van der Waals surface area contributed by atoms with E-state index in [9.17, 15) is 5.26 Å². The van der Waals surface area contributed by atoms with Crippen LogP contribution in [0.1, 0.15) is 58.7 Å². The maximum absolute atomic E-state index is 9.37. The number of H-pyrrole nitrogens is 1. The van der Waals surface area contributed by atoms with E-state index >= 15 is 0 Å². The van der Waals surface area contributed by atoms with Gasteiger partial charge in [0.1, 0.15) is 36.5 Å². The van der Waals surface area contributed by atoms with E-state index in [-0.39, 0.29) is 6.61 Å². The molecule has 3 aromatic carbocycles. The van der Waals surface area contributed by atoms with Crippen molar-refractivity contribution < 1.29 is 14.2 Å². The Morgan fingerprint density at radius 1 is 0.887 bits per heavy atom. The number of hydrogen-bond acceptors (Lipinski definition) is 8. The van der Waals surface area contributed by atoms with Crippen LogP contribution >= 0.6 is 23.2 Å². The number of aromatic nitrogens is 3. The van der Waals surface area contributed by atoms with Gasteiger partial charge in [0.05, 0.1) is 27.9 Å². The minimum absolute atomic E-state index is 0.245. The van der Waals surface area contributed by atoms with Crippen molar-refractivity contribution in [3.8, 4) is 34.4 Å². The molecule has 11 heteroatoms. The van der Waals surface area contributed by atoms with Gasteiger partial charge in [0.2, 0.25) is 0 Å². The average Bonchev–Trinajstić information content (AvgIpc) is 3.88. The van der Waals surface area contributed by atoms with Crippen LogP contribution in [0.25, 0.3) is 11.1 Å². The fraction of sp³-hybridized carbons (Fsp3) is 0.357. The van der Waals surface area contributed by atoms with Crippen LogP contribution in [0.5, 0.6) is 17.2 Å². The third kappa shape index (κ3) is 8.97. The number of hydrogen-bond donors (Lipinski definition) is 1. The predicted molar refractivity (Wildman–Crippen MR) is 208 cm³/mol. The number of aromatic amines is 1. The molecule has 0 aliphatic carbocycles. The highest BCUT2D eigenvalue weighted by Gasteiger charge is 2.27. The second-order valence-electron chi connectivity index (χ2n) is 14.2. The SMILES string of the molecule is Cc1c(COc2cc(OCc3cncc(C#N)c3)c(CN3CCC(c4cc[nH]n4)C3)cc2Cl)cccc1-c1cccc(OCC2CCCN(C)C2)c1Cl. The van der Waals surface area contributed by atoms with Crippen molar-refractivity contribution in [2.45, 2.75) is 51.9 Å². The van der Waals surface area contributed by atoms with Gasteiger partial charge in [-0.1, -0.05) is 53.5 Å². The molecule has 2 fully saturated rings. The van der Waals surface area contributed by atoms with E-state index in [1.807, 2.05) is 48.7 Å². The molecule has 2 saturated heterocycles. The molecule has 0 saturated carbocycles. The van der Waals surface area contributed by atoms with Crippen LogP contribution in [0.3, 0.4) is 0 Å². The number of benzene rings is 3. The first-order valence-electron chi connectivity index (χ1n) is 18.2. The van der Waals surface area contributed by atoms with Crippen molar-refractivity contribution in [3.63, 3.8) is 0 Å². The van der Waals surface area contributed by atoms with Gasteiger partial charge in [-0.3, -0.25) is 15.0 Å². The van der Waals surface area contributed by atoms with Gasteiger partial charge in [-0.15, -0.1) is 0 Å². The molecule has 2 unspecified atom stereocenters. The molecule has 5 aromatic rings. The first kappa shape index (κ1) is 36.8. The van der Waals surface area contributed by atoms with Crippen LogP contribution < -0.4 is 14.2 Å². The molecule has 0 spiro atoms. The van der Waals surface area contributed by atoms with Crippen LogP contribution in [-0.4, -0.2) is 64.8 Å². The normalized spacial score (nSPS) is 17.8. The summed E-state index contributed by atoms with van der Waals surface area (Å²) in [6.07, 6.45) is 8.51. The zero-order valence-corrected chi connectivity index (χ0v) is 31.7. The summed E-state index contributed by atoms with van der Waals surface area (Å²) >= 11 is 13.9. The topological polar surface area (TPSA) is 99.5 Å². The lowest BCUT2D eigenvalue weighted by Crippen LogP contribution is -2.34. The molecular weight excluding hydrogens is 707 g/mol. The van der Waals surface area contributed by atoms with Gasteiger partial charge in [-0.05, 0) is 87.3 Å². The van der Waals surface area contributed by atoms with Gasteiger partial charge < -0.3 is 19.1 Å². The molecular formula is C42H44Cl2N6O3. The summed E-state index contributed by atoms with van der Waals surface area (Å²) in [5, 5.41) is 17.8. The molecule has 1 N–H and O–H groups in total. The third-order valence-electron chi connectivity index (χ3n) is 10.3. The molecule has 274 valence electrons. The summed E-state index contributed by atoms with van der Waals surface area (Å²) in [6.45, 7) is 7.95. The second kappa shape index (κ2) is 17.0. The van der Waals surface area contributed by atoms with Gasteiger partial charge in [0.25, 0.3) is 0 Å². The maximum atomic E-state index is 9.37. The molecule has 2 aromatic heterocycles. The Hall–Kier alpha value is -4.59. The number of likely N-dealkylation sites (tertiary alicyclic amines) is 2. The smallest absolute Gasteiger partial charge is 0.142 e. The molecule has 0 bridgehead atoms. The fourth-order valence-corrected chi connectivity index (χ4v) is 7.95. The number of nitriles is 1. The van der Waals surface area contributed by atoms with Crippen molar-refractivity contribution in [1.82, 2.24) is 25.0 Å². The highest BCUT2D eigenvalue weighted by Crippen LogP contribution is 2.39. The summed E-state index contributed by atoms with van der Waals surface area (Å²) in [7, 11) is 2.17. The lowest BCUT2D eigenvalue weighted by atomic mass is 9.96. The van der Waals surface area contributed by atoms with E-state index in [1.54, 1.807) is 18.5 Å². The number of rotatable bonds is 13. The lowest BCUT2D eigenvalue weighted by molar-refractivity contribution is 0.150. The maximum Gasteiger partial charge on any atom is 0.142 e. The van der Waals surface area contributed by atoms with Crippen LogP contribution in [0.4, 0.5) is 0 Å². The fourth-order valence-electron chi connectivity index (χ4n) is 7.43. The summed E-state index contributed by atoms with van der Waals surface area (Å²) in [5.74, 6) is 2.77. The number of nitrogens with zero attached hydrogens (tertiary/aromatic N) is 5. The Morgan fingerprint density at radius 3 is 2.57 bits per heavy atom. The van der Waals surface area contributed by atoms with Gasteiger partial charge >= 0.3 is 0 Å². The molecule has 0 amide bonds. The number of ether oxygens (including phenoxy) is 3. The Bertz CT molecular complexity index is 2070. The monoisotopic (exact) mass is 750 g/mol. The Balaban J connectivity index is 1.08. The summed E-state index contributed by atoms with van der Waals surface area (Å²) in [4.78, 5) is 8.96. The largest absolute Gasteiger partial charge is 0.492 e. The van der Waals surface area contributed by atoms with E-state index in [2.05, 4.69) is 57.2 Å². The van der Waals surface area contributed by atoms with Crippen molar-refractivity contribution in [2.75, 3.05) is 39.8 Å². The number of nitrogens with one attached hydrogen (secondary N) is 1. The molecule has 2 aliphatic rings. The molecule has 2 atom stereocenters. The highest BCUT2D eigenvalue weighted by molar-refractivity contribution is 6.35. The first-order chi connectivity index (χ1) is 25.8. The number of piperidine rings is 1. The van der Waals surface area contributed by atoms with Crippen LogP contribution in [0.15, 0.2) is 79.3 Å². The van der Waals surface area contributed by atoms with Gasteiger partial charge in [-0.2, -0.15) is 10.4 Å². The molecule has 0 radical (unpaired) electrons. The van der Waals surface area contributed by atoms with E-state index in [0.29, 0.717) is 64.5 Å². The van der Waals surface area contributed by atoms with Crippen molar-refractivity contribution >= 4 is 23.2 Å². The zero-order valence-electron chi connectivity index (χ0n) is 30.2. The van der Waals surface area contributed by atoms with E-state index in [0.717, 1.165) is 71.7 Å². The first-order valence-corrected chi connectivity index (χ1v) is 18.9. The number of halogens is 2. The zero-order chi connectivity index (χ0) is 36.7. The van der Waals surface area contributed by atoms with E-state index in [1.165, 1.54) is 12.8 Å². The van der Waals surface area contributed by atoms with Crippen LogP contribution in [-0.2, 0) is 19.8 Å². The minimum atomic E-state index is 0.245. The van der Waals surface area contributed by atoms with Crippen molar-refractivity contribution in [3.05, 3.63) is 123 Å². The Kier molecular flexibility index (Phi) is 11.8. The van der Waals surface area contributed by atoms with Gasteiger partial charge in [0, 0.05) is 72.8 Å². The van der Waals surface area contributed by atoms with Gasteiger partial charge in [-0.25, -0.2) is 0 Å². The molecule has 4 heterocycles. The molecule has 7 rings (SSSR count). The van der Waals surface area contributed by atoms with Crippen molar-refractivity contribution in [1.29, 1.82) is 5.26 Å². The van der Waals surface area contributed by atoms with Crippen LogP contribution in [0.2, 0.25) is 10.0 Å². The summed E-state index contributed by atoms with van der Waals surface area (Å²) in [5.41, 5.74) is 7.35. The minimum Gasteiger partial charge on any atom is -0.492 e. The van der Waals surface area contributed by atoms with E-state index in [4.69, 9.17) is 37.4 Å². The lowest BCUT2D eigenvalue weighted by Gasteiger charge is -2.29. The Morgan fingerprint density at radius 2 is 1.74 bits per heavy atom. The average molecular weight is 752 g/mol. The summed E-state index contributed by atoms with van der Waals surface area (Å²) < 4.78 is 19.1. The molecule has 9 nitrogen and oxygen atoms in total. The van der Waals surface area contributed by atoms with Crippen LogP contribution in [0, 0.1) is 24.2 Å². The standard InChI is InChI=1S/C42H44Cl2N6O3/c1-28-33(7-3-8-35(28)36-9-4-10-39(42(36)44)51-25-29-6-5-14-49(2)22-29)27-53-41-18-40(52-26-31-16-30(19-45)20-46-21-31)34(17-37(41)43)24-50-15-12-32(23-50)38-11-13-47-48-38/h3-4,7-11,13,16-18,20-21,29,32H,5-6,12,14-15,22-27H2,1-2H3,(H,47,48). The van der Waals surface area contributed by atoms with Crippen molar-refractivity contribution in [2.24, 2.45) is 5.92 Å². The Labute approximate surface area is 321 Å². The molecule has 2 aliphatic heterocycles. The highest BCUT2D eigenvalue weighted by atomic mass is 35.5.